The Morgan fingerprint density at radius 2 is 1.83 bits per heavy atom. The van der Waals surface area contributed by atoms with Crippen LogP contribution in [0.5, 0.6) is 0 Å². The fraction of sp³-hybridized carbons (Fsp3) is 0.474. The molecule has 0 amide bonds. The van der Waals surface area contributed by atoms with E-state index in [4.69, 9.17) is 5.73 Å². The Morgan fingerprint density at radius 1 is 1.04 bits per heavy atom. The molecule has 2 N–H and O–H groups in total. The maximum Gasteiger partial charge on any atom is 0.0911 e. The first-order valence-corrected chi connectivity index (χ1v) is 9.78. The predicted molar refractivity (Wildman–Crippen MR) is 103 cm³/mol. The van der Waals surface area contributed by atoms with Crippen LogP contribution in [0.1, 0.15) is 17.7 Å². The highest BCUT2D eigenvalue weighted by Gasteiger charge is 2.32. The predicted octanol–water partition coefficient (Wildman–Crippen LogP) is 2.96. The minimum atomic E-state index is 0.647. The third-order valence-corrected chi connectivity index (χ3v) is 6.09. The Bertz CT molecular complexity index is 649. The largest absolute Gasteiger partial charge is 0.349 e. The van der Waals surface area contributed by atoms with Gasteiger partial charge in [-0.05, 0) is 36.4 Å². The lowest BCUT2D eigenvalue weighted by molar-refractivity contribution is 0.214. The van der Waals surface area contributed by atoms with Crippen molar-refractivity contribution in [1.29, 1.82) is 0 Å². The Hall–Kier alpha value is -1.56. The van der Waals surface area contributed by atoms with Crippen LogP contribution in [0.25, 0.3) is 0 Å². The molecule has 0 spiro atoms. The molecular formula is C19H26N4S. The Kier molecular flexibility index (Phi) is 4.74. The van der Waals surface area contributed by atoms with Crippen LogP contribution in [-0.4, -0.2) is 43.8 Å². The number of para-hydroxylation sites is 2. The number of hydrogen-bond donors (Lipinski definition) is 1. The molecule has 0 radical (unpaired) electrons. The number of rotatable bonds is 5. The zero-order chi connectivity index (χ0) is 16.4. The number of fused-ring (bicyclic) bond motifs is 1. The molecule has 2 aliphatic rings. The van der Waals surface area contributed by atoms with Crippen LogP contribution in [0.3, 0.4) is 0 Å². The van der Waals surface area contributed by atoms with Crippen molar-refractivity contribution in [2.75, 3.05) is 42.6 Å². The first kappa shape index (κ1) is 15.9. The van der Waals surface area contributed by atoms with Crippen LogP contribution in [0.2, 0.25) is 0 Å². The molecule has 5 heteroatoms. The van der Waals surface area contributed by atoms with Crippen LogP contribution in [0.15, 0.2) is 41.8 Å². The monoisotopic (exact) mass is 342 g/mol. The van der Waals surface area contributed by atoms with Crippen LogP contribution in [-0.2, 0) is 6.54 Å². The highest BCUT2D eigenvalue weighted by atomic mass is 32.1. The van der Waals surface area contributed by atoms with E-state index in [9.17, 15) is 0 Å². The minimum absolute atomic E-state index is 0.647. The van der Waals surface area contributed by atoms with Crippen LogP contribution < -0.4 is 15.5 Å². The lowest BCUT2D eigenvalue weighted by atomic mass is 10.0. The van der Waals surface area contributed by atoms with Crippen molar-refractivity contribution in [3.63, 3.8) is 0 Å². The number of piperidine rings is 1. The Balaban J connectivity index is 1.49. The molecule has 3 heterocycles. The molecule has 2 aliphatic heterocycles. The lowest BCUT2D eigenvalue weighted by Crippen LogP contribution is -2.47. The van der Waals surface area contributed by atoms with E-state index in [2.05, 4.69) is 56.5 Å². The summed E-state index contributed by atoms with van der Waals surface area (Å²) in [7, 11) is 0. The summed E-state index contributed by atoms with van der Waals surface area (Å²) in [5.74, 6) is 0. The van der Waals surface area contributed by atoms with Gasteiger partial charge in [0.25, 0.3) is 0 Å². The van der Waals surface area contributed by atoms with Gasteiger partial charge in [-0.3, -0.25) is 0 Å². The fourth-order valence-electron chi connectivity index (χ4n) is 3.99. The second-order valence-corrected chi connectivity index (χ2v) is 7.77. The van der Waals surface area contributed by atoms with Crippen LogP contribution in [0, 0.1) is 0 Å². The number of anilines is 2. The van der Waals surface area contributed by atoms with Crippen molar-refractivity contribution in [2.45, 2.75) is 25.4 Å². The molecule has 1 fully saturated rings. The number of nitrogens with zero attached hydrogens (tertiary/aromatic N) is 3. The van der Waals surface area contributed by atoms with Crippen molar-refractivity contribution in [1.82, 2.24) is 4.90 Å². The molecule has 0 atom stereocenters. The maximum atomic E-state index is 5.70. The van der Waals surface area contributed by atoms with Gasteiger partial charge in [0, 0.05) is 37.1 Å². The summed E-state index contributed by atoms with van der Waals surface area (Å²) in [4.78, 5) is 9.09. The van der Waals surface area contributed by atoms with Gasteiger partial charge >= 0.3 is 0 Å². The molecule has 0 aliphatic carbocycles. The van der Waals surface area contributed by atoms with E-state index in [-0.39, 0.29) is 0 Å². The molecule has 0 unspecified atom stereocenters. The molecule has 128 valence electrons. The van der Waals surface area contributed by atoms with E-state index in [1.54, 1.807) is 0 Å². The number of thiophene rings is 1. The minimum Gasteiger partial charge on any atom is -0.349 e. The smallest absolute Gasteiger partial charge is 0.0911 e. The average Bonchev–Trinajstić information content (AvgIpc) is 3.25. The van der Waals surface area contributed by atoms with E-state index in [1.165, 1.54) is 42.2 Å². The molecule has 0 bridgehead atoms. The summed E-state index contributed by atoms with van der Waals surface area (Å²) in [6, 6.07) is 13.9. The van der Waals surface area contributed by atoms with Gasteiger partial charge in [0.15, 0.2) is 0 Å². The summed E-state index contributed by atoms with van der Waals surface area (Å²) in [6.07, 6.45) is 2.47. The van der Waals surface area contributed by atoms with Gasteiger partial charge in [0.2, 0.25) is 0 Å². The van der Waals surface area contributed by atoms with Gasteiger partial charge in [0.05, 0.1) is 24.6 Å². The molecule has 1 aromatic heterocycles. The number of hydrogen-bond acceptors (Lipinski definition) is 5. The summed E-state index contributed by atoms with van der Waals surface area (Å²) in [6.45, 7) is 6.17. The van der Waals surface area contributed by atoms with E-state index < -0.39 is 0 Å². The van der Waals surface area contributed by atoms with E-state index >= 15 is 0 Å². The molecular weight excluding hydrogens is 316 g/mol. The van der Waals surface area contributed by atoms with E-state index in [0.29, 0.717) is 6.04 Å². The van der Waals surface area contributed by atoms with Crippen molar-refractivity contribution < 1.29 is 0 Å². The molecule has 2 aromatic rings. The van der Waals surface area contributed by atoms with Crippen LogP contribution in [0.4, 0.5) is 11.4 Å². The first-order valence-electron chi connectivity index (χ1n) is 8.90. The highest BCUT2D eigenvalue weighted by Crippen LogP contribution is 2.39. The number of nitrogens with two attached hydrogens (primary N) is 1. The third-order valence-electron chi connectivity index (χ3n) is 5.22. The first-order chi connectivity index (χ1) is 11.8. The average molecular weight is 343 g/mol. The van der Waals surface area contributed by atoms with E-state index in [1.807, 2.05) is 11.3 Å². The molecule has 24 heavy (non-hydrogen) atoms. The summed E-state index contributed by atoms with van der Waals surface area (Å²) in [5, 5.41) is 2.17. The van der Waals surface area contributed by atoms with Gasteiger partial charge in [-0.25, -0.2) is 0 Å². The lowest BCUT2D eigenvalue weighted by Gasteiger charge is -2.37. The molecule has 4 rings (SSSR count). The second kappa shape index (κ2) is 7.13. The molecule has 1 aromatic carbocycles. The normalized spacial score (nSPS) is 19.0. The summed E-state index contributed by atoms with van der Waals surface area (Å²) < 4.78 is 0. The van der Waals surface area contributed by atoms with Crippen LogP contribution >= 0.6 is 11.3 Å². The third kappa shape index (κ3) is 3.16. The molecule has 4 nitrogen and oxygen atoms in total. The fourth-order valence-corrected chi connectivity index (χ4v) is 4.71. The van der Waals surface area contributed by atoms with Gasteiger partial charge in [-0.1, -0.05) is 18.2 Å². The Labute approximate surface area is 148 Å². The van der Waals surface area contributed by atoms with Crippen molar-refractivity contribution in [3.05, 3.63) is 46.7 Å². The molecule has 0 saturated carbocycles. The summed E-state index contributed by atoms with van der Waals surface area (Å²) in [5.41, 5.74) is 8.50. The number of likely N-dealkylation sites (tertiary alicyclic amines) is 1. The van der Waals surface area contributed by atoms with Crippen molar-refractivity contribution in [2.24, 2.45) is 5.73 Å². The zero-order valence-electron chi connectivity index (χ0n) is 14.1. The summed E-state index contributed by atoms with van der Waals surface area (Å²) >= 11 is 1.85. The topological polar surface area (TPSA) is 35.7 Å². The standard InChI is InChI=1S/C19H26N4S/c20-9-12-21-10-7-16(8-11-21)23-15-22(14-17-4-3-13-24-17)18-5-1-2-6-19(18)23/h1-6,13,16H,7-12,14-15,20H2. The van der Waals surface area contributed by atoms with Gasteiger partial charge in [-0.2, -0.15) is 0 Å². The highest BCUT2D eigenvalue weighted by molar-refractivity contribution is 7.09. The zero-order valence-corrected chi connectivity index (χ0v) is 14.9. The van der Waals surface area contributed by atoms with Gasteiger partial charge in [-0.15, -0.1) is 11.3 Å². The van der Waals surface area contributed by atoms with Crippen molar-refractivity contribution in [3.8, 4) is 0 Å². The van der Waals surface area contributed by atoms with E-state index in [0.717, 1.165) is 26.3 Å². The molecule has 1 saturated heterocycles. The van der Waals surface area contributed by atoms with Crippen molar-refractivity contribution >= 4 is 22.7 Å². The maximum absolute atomic E-state index is 5.70. The Morgan fingerprint density at radius 3 is 2.54 bits per heavy atom. The van der Waals surface area contributed by atoms with Gasteiger partial charge < -0.3 is 20.4 Å². The SMILES string of the molecule is NCCN1CCC(N2CN(Cc3cccs3)c3ccccc32)CC1. The van der Waals surface area contributed by atoms with Gasteiger partial charge in [0.1, 0.15) is 0 Å². The number of benzene rings is 1. The quantitative estimate of drug-likeness (QED) is 0.906. The second-order valence-electron chi connectivity index (χ2n) is 6.74.